The number of nitrogens with one attached hydrogen (secondary N) is 2. The molecule has 1 aromatic heterocycles. The van der Waals surface area contributed by atoms with E-state index in [9.17, 15) is 14.4 Å². The first-order chi connectivity index (χ1) is 12.0. The van der Waals surface area contributed by atoms with E-state index < -0.39 is 5.91 Å². The van der Waals surface area contributed by atoms with Gasteiger partial charge >= 0.3 is 0 Å². The fourth-order valence-electron chi connectivity index (χ4n) is 1.96. The Morgan fingerprint density at radius 3 is 2.52 bits per heavy atom. The van der Waals surface area contributed by atoms with Gasteiger partial charge in [-0.25, -0.2) is 0 Å². The molecule has 0 fully saturated rings. The molecule has 4 N–H and O–H groups in total. The predicted molar refractivity (Wildman–Crippen MR) is 95.6 cm³/mol. The van der Waals surface area contributed by atoms with Gasteiger partial charge in [0.15, 0.2) is 6.61 Å². The Morgan fingerprint density at radius 2 is 1.88 bits per heavy atom. The third-order valence-corrected chi connectivity index (χ3v) is 3.85. The minimum absolute atomic E-state index is 0.131. The van der Waals surface area contributed by atoms with Crippen LogP contribution >= 0.6 is 11.3 Å². The standard InChI is InChI=1S/C17H19N3O4S/c18-15(21)10-24-14-5-3-13(4-6-14)20-16(22)2-1-8-19-17(23)12-7-9-25-11-12/h3-7,9,11H,1-2,8,10H2,(H2,18,21)(H,19,23)(H,20,22). The van der Waals surface area contributed by atoms with E-state index in [0.717, 1.165) is 0 Å². The van der Waals surface area contributed by atoms with Crippen molar-refractivity contribution in [3.8, 4) is 5.75 Å². The first-order valence-electron chi connectivity index (χ1n) is 7.66. The lowest BCUT2D eigenvalue weighted by Crippen LogP contribution is -2.25. The van der Waals surface area contributed by atoms with Crippen LogP contribution in [0.1, 0.15) is 23.2 Å². The fraction of sp³-hybridized carbons (Fsp3) is 0.235. The highest BCUT2D eigenvalue weighted by molar-refractivity contribution is 7.08. The third kappa shape index (κ3) is 6.64. The van der Waals surface area contributed by atoms with Crippen LogP contribution in [-0.4, -0.2) is 30.9 Å². The minimum atomic E-state index is -0.552. The Balaban J connectivity index is 1.66. The molecule has 0 saturated carbocycles. The summed E-state index contributed by atoms with van der Waals surface area (Å²) in [7, 11) is 0. The predicted octanol–water partition coefficient (Wildman–Crippen LogP) is 1.76. The second-order valence-corrected chi connectivity index (χ2v) is 5.98. The number of rotatable bonds is 9. The molecule has 0 atom stereocenters. The van der Waals surface area contributed by atoms with E-state index in [4.69, 9.17) is 10.5 Å². The lowest BCUT2D eigenvalue weighted by molar-refractivity contribution is -0.120. The van der Waals surface area contributed by atoms with E-state index >= 15 is 0 Å². The summed E-state index contributed by atoms with van der Waals surface area (Å²) >= 11 is 1.46. The van der Waals surface area contributed by atoms with Crippen molar-refractivity contribution in [1.29, 1.82) is 0 Å². The SMILES string of the molecule is NC(=O)COc1ccc(NC(=O)CCCNC(=O)c2ccsc2)cc1. The van der Waals surface area contributed by atoms with Gasteiger partial charge in [-0.05, 0) is 42.1 Å². The zero-order chi connectivity index (χ0) is 18.1. The molecular formula is C17H19N3O4S. The Hall–Kier alpha value is -2.87. The van der Waals surface area contributed by atoms with Crippen molar-refractivity contribution in [3.05, 3.63) is 46.7 Å². The Labute approximate surface area is 149 Å². The fourth-order valence-corrected chi connectivity index (χ4v) is 2.59. The van der Waals surface area contributed by atoms with E-state index in [1.165, 1.54) is 11.3 Å². The van der Waals surface area contributed by atoms with Crippen molar-refractivity contribution in [2.24, 2.45) is 5.73 Å². The second-order valence-electron chi connectivity index (χ2n) is 5.20. The molecule has 0 aliphatic heterocycles. The van der Waals surface area contributed by atoms with Gasteiger partial charge in [0, 0.05) is 29.6 Å². The van der Waals surface area contributed by atoms with Crippen LogP contribution in [0.25, 0.3) is 0 Å². The quantitative estimate of drug-likeness (QED) is 0.591. The molecule has 1 heterocycles. The molecular weight excluding hydrogens is 342 g/mol. The molecule has 0 bridgehead atoms. The van der Waals surface area contributed by atoms with Crippen LogP contribution in [0, 0.1) is 0 Å². The summed E-state index contributed by atoms with van der Waals surface area (Å²) < 4.78 is 5.13. The number of primary amides is 1. The summed E-state index contributed by atoms with van der Waals surface area (Å²) in [6, 6.07) is 8.38. The Bertz CT molecular complexity index is 714. The van der Waals surface area contributed by atoms with Gasteiger partial charge < -0.3 is 21.1 Å². The topological polar surface area (TPSA) is 111 Å². The largest absolute Gasteiger partial charge is 0.484 e. The molecule has 25 heavy (non-hydrogen) atoms. The van der Waals surface area contributed by atoms with E-state index in [0.29, 0.717) is 36.4 Å². The molecule has 3 amide bonds. The number of carbonyl (C=O) groups excluding carboxylic acids is 3. The first kappa shape index (κ1) is 18.5. The number of ether oxygens (including phenoxy) is 1. The number of carbonyl (C=O) groups is 3. The first-order valence-corrected chi connectivity index (χ1v) is 8.60. The number of thiophene rings is 1. The molecule has 7 nitrogen and oxygen atoms in total. The maximum absolute atomic E-state index is 11.9. The molecule has 0 saturated heterocycles. The van der Waals surface area contributed by atoms with Gasteiger partial charge in [-0.3, -0.25) is 14.4 Å². The number of nitrogens with two attached hydrogens (primary N) is 1. The van der Waals surface area contributed by atoms with Crippen LogP contribution in [0.4, 0.5) is 5.69 Å². The van der Waals surface area contributed by atoms with Gasteiger partial charge in [-0.15, -0.1) is 0 Å². The molecule has 1 aromatic carbocycles. The van der Waals surface area contributed by atoms with Crippen molar-refractivity contribution in [2.45, 2.75) is 12.8 Å². The lowest BCUT2D eigenvalue weighted by Gasteiger charge is -2.08. The van der Waals surface area contributed by atoms with E-state index in [-0.39, 0.29) is 18.4 Å². The smallest absolute Gasteiger partial charge is 0.255 e. The van der Waals surface area contributed by atoms with E-state index in [2.05, 4.69) is 10.6 Å². The van der Waals surface area contributed by atoms with Crippen LogP contribution in [0.5, 0.6) is 5.75 Å². The third-order valence-electron chi connectivity index (χ3n) is 3.17. The van der Waals surface area contributed by atoms with Crippen LogP contribution in [0.2, 0.25) is 0 Å². The van der Waals surface area contributed by atoms with Crippen molar-refractivity contribution < 1.29 is 19.1 Å². The molecule has 0 aliphatic carbocycles. The maximum Gasteiger partial charge on any atom is 0.255 e. The van der Waals surface area contributed by atoms with Gasteiger partial charge in [0.25, 0.3) is 11.8 Å². The average molecular weight is 361 g/mol. The van der Waals surface area contributed by atoms with Crippen molar-refractivity contribution >= 4 is 34.7 Å². The van der Waals surface area contributed by atoms with Gasteiger partial charge in [-0.1, -0.05) is 0 Å². The monoisotopic (exact) mass is 361 g/mol. The zero-order valence-electron chi connectivity index (χ0n) is 13.5. The van der Waals surface area contributed by atoms with Crippen molar-refractivity contribution in [1.82, 2.24) is 5.32 Å². The number of anilines is 1. The summed E-state index contributed by atoms with van der Waals surface area (Å²) in [5.41, 5.74) is 6.25. The second kappa shape index (κ2) is 9.43. The zero-order valence-corrected chi connectivity index (χ0v) is 14.3. The summed E-state index contributed by atoms with van der Waals surface area (Å²) in [5, 5.41) is 9.14. The van der Waals surface area contributed by atoms with Crippen molar-refractivity contribution in [3.63, 3.8) is 0 Å². The van der Waals surface area contributed by atoms with E-state index in [1.54, 1.807) is 35.7 Å². The molecule has 2 aromatic rings. The molecule has 0 radical (unpaired) electrons. The minimum Gasteiger partial charge on any atom is -0.484 e. The van der Waals surface area contributed by atoms with E-state index in [1.807, 2.05) is 5.38 Å². The highest BCUT2D eigenvalue weighted by Crippen LogP contribution is 2.15. The van der Waals surface area contributed by atoms with Crippen LogP contribution in [-0.2, 0) is 9.59 Å². The van der Waals surface area contributed by atoms with Crippen LogP contribution in [0.15, 0.2) is 41.1 Å². The lowest BCUT2D eigenvalue weighted by atomic mass is 10.2. The highest BCUT2D eigenvalue weighted by Gasteiger charge is 2.06. The van der Waals surface area contributed by atoms with Crippen molar-refractivity contribution in [2.75, 3.05) is 18.5 Å². The molecule has 0 spiro atoms. The molecule has 2 rings (SSSR count). The molecule has 8 heteroatoms. The summed E-state index contributed by atoms with van der Waals surface area (Å²) in [6.45, 7) is 0.241. The normalized spacial score (nSPS) is 10.1. The molecule has 0 aliphatic rings. The highest BCUT2D eigenvalue weighted by atomic mass is 32.1. The summed E-state index contributed by atoms with van der Waals surface area (Å²) in [5.74, 6) is -0.333. The van der Waals surface area contributed by atoms with Crippen LogP contribution in [0.3, 0.4) is 0 Å². The Morgan fingerprint density at radius 1 is 1.12 bits per heavy atom. The number of hydrogen-bond donors (Lipinski definition) is 3. The number of hydrogen-bond acceptors (Lipinski definition) is 5. The van der Waals surface area contributed by atoms with Gasteiger partial charge in [0.05, 0.1) is 0 Å². The summed E-state index contributed by atoms with van der Waals surface area (Å²) in [4.78, 5) is 34.2. The molecule has 0 unspecified atom stereocenters. The maximum atomic E-state index is 11.9. The Kier molecular flexibility index (Phi) is 6.97. The molecule has 132 valence electrons. The summed E-state index contributed by atoms with van der Waals surface area (Å²) in [6.07, 6.45) is 0.839. The average Bonchev–Trinajstić information content (AvgIpc) is 3.12. The number of amides is 3. The number of benzene rings is 1. The van der Waals surface area contributed by atoms with Crippen LogP contribution < -0.4 is 21.1 Å². The van der Waals surface area contributed by atoms with Gasteiger partial charge in [0.2, 0.25) is 5.91 Å². The van der Waals surface area contributed by atoms with Gasteiger partial charge in [-0.2, -0.15) is 11.3 Å². The van der Waals surface area contributed by atoms with Gasteiger partial charge in [0.1, 0.15) is 5.75 Å².